The molecule has 0 bridgehead atoms. The summed E-state index contributed by atoms with van der Waals surface area (Å²) < 4.78 is 10.2. The Morgan fingerprint density at radius 2 is 2.20 bits per heavy atom. The van der Waals surface area contributed by atoms with Crippen LogP contribution in [0.1, 0.15) is 43.7 Å². The van der Waals surface area contributed by atoms with Gasteiger partial charge < -0.3 is 19.5 Å². The van der Waals surface area contributed by atoms with Crippen LogP contribution >= 0.6 is 0 Å². The van der Waals surface area contributed by atoms with E-state index in [1.165, 1.54) is 7.11 Å². The monoisotopic (exact) mass is 350 g/mol. The second-order valence-corrected chi connectivity index (χ2v) is 6.85. The largest absolute Gasteiger partial charge is 0.469 e. The zero-order chi connectivity index (χ0) is 18.6. The number of aliphatic imine (C=N–C) groups is 1. The van der Waals surface area contributed by atoms with Gasteiger partial charge in [0.2, 0.25) is 0 Å². The topological polar surface area (TPSA) is 80.0 Å². The summed E-state index contributed by atoms with van der Waals surface area (Å²) >= 11 is 0. The lowest BCUT2D eigenvalue weighted by Gasteiger charge is -2.22. The van der Waals surface area contributed by atoms with E-state index < -0.39 is 0 Å². The average Bonchev–Trinajstić information content (AvgIpc) is 3.13. The van der Waals surface area contributed by atoms with Crippen LogP contribution in [0, 0.1) is 25.7 Å². The summed E-state index contributed by atoms with van der Waals surface area (Å²) in [4.78, 5) is 18.9. The molecule has 3 unspecified atom stereocenters. The number of carbonyl (C=O) groups excluding carboxylic acids is 1. The normalized spacial score (nSPS) is 22.2. The molecule has 0 radical (unpaired) electrons. The van der Waals surface area contributed by atoms with Crippen LogP contribution in [0.2, 0.25) is 0 Å². The molecule has 1 aromatic heterocycles. The predicted octanol–water partition coefficient (Wildman–Crippen LogP) is 2.10. The molecule has 140 valence electrons. The molecule has 1 saturated heterocycles. The van der Waals surface area contributed by atoms with Crippen molar-refractivity contribution in [2.45, 2.75) is 40.5 Å². The Hall–Kier alpha value is -2.05. The summed E-state index contributed by atoms with van der Waals surface area (Å²) in [6.45, 7) is 13.0. The van der Waals surface area contributed by atoms with Gasteiger partial charge in [-0.2, -0.15) is 0 Å². The minimum Gasteiger partial charge on any atom is -0.469 e. The first-order chi connectivity index (χ1) is 11.9. The number of hydrogen-bond acceptors (Lipinski definition) is 5. The molecular weight excluding hydrogens is 320 g/mol. The number of likely N-dealkylation sites (tertiary alicyclic amines) is 1. The molecule has 1 aliphatic heterocycles. The Labute approximate surface area is 149 Å². The zero-order valence-corrected chi connectivity index (χ0v) is 16.1. The molecule has 1 N–H and O–H groups in total. The molecule has 0 amide bonds. The molecule has 25 heavy (non-hydrogen) atoms. The van der Waals surface area contributed by atoms with E-state index in [9.17, 15) is 4.79 Å². The molecule has 0 saturated carbocycles. The quantitative estimate of drug-likeness (QED) is 0.498. The van der Waals surface area contributed by atoms with Crippen molar-refractivity contribution in [3.8, 4) is 0 Å². The number of hydrogen-bond donors (Lipinski definition) is 1. The Morgan fingerprint density at radius 3 is 2.76 bits per heavy atom. The van der Waals surface area contributed by atoms with Crippen LogP contribution in [0.4, 0.5) is 0 Å². The number of nitrogens with zero attached hydrogens (tertiary/aromatic N) is 3. The number of methoxy groups -OCH3 is 1. The molecule has 0 aromatic carbocycles. The van der Waals surface area contributed by atoms with E-state index in [-0.39, 0.29) is 23.7 Å². The van der Waals surface area contributed by atoms with Crippen LogP contribution in [0.5, 0.6) is 0 Å². The number of rotatable bonds is 5. The molecule has 1 aromatic rings. The number of esters is 1. The molecule has 0 spiro atoms. The highest BCUT2D eigenvalue weighted by molar-refractivity contribution is 5.82. The van der Waals surface area contributed by atoms with Gasteiger partial charge in [0.25, 0.3) is 0 Å². The number of carbonyl (C=O) groups is 1. The Kier molecular flexibility index (Phi) is 6.45. The average molecular weight is 350 g/mol. The third-order valence-electron chi connectivity index (χ3n) is 4.85. The fraction of sp³-hybridized carbons (Fsp3) is 0.722. The van der Waals surface area contributed by atoms with Gasteiger partial charge in [0.1, 0.15) is 5.76 Å². The van der Waals surface area contributed by atoms with E-state index >= 15 is 0 Å². The smallest absolute Gasteiger partial charge is 0.310 e. The summed E-state index contributed by atoms with van der Waals surface area (Å²) in [5.74, 6) is 1.92. The fourth-order valence-corrected chi connectivity index (χ4v) is 3.53. The minimum absolute atomic E-state index is 0.103. The van der Waals surface area contributed by atoms with Gasteiger partial charge in [-0.25, -0.2) is 0 Å². The zero-order valence-electron chi connectivity index (χ0n) is 16.1. The third-order valence-corrected chi connectivity index (χ3v) is 4.85. The van der Waals surface area contributed by atoms with Crippen molar-refractivity contribution < 1.29 is 14.1 Å². The summed E-state index contributed by atoms with van der Waals surface area (Å²) in [5, 5.41) is 7.36. The molecule has 2 rings (SSSR count). The van der Waals surface area contributed by atoms with E-state index in [2.05, 4.69) is 29.2 Å². The lowest BCUT2D eigenvalue weighted by atomic mass is 9.99. The van der Waals surface area contributed by atoms with Gasteiger partial charge in [0.15, 0.2) is 5.96 Å². The van der Waals surface area contributed by atoms with E-state index in [1.807, 2.05) is 20.8 Å². The fourth-order valence-electron chi connectivity index (χ4n) is 3.53. The van der Waals surface area contributed by atoms with Crippen molar-refractivity contribution in [1.29, 1.82) is 0 Å². The van der Waals surface area contributed by atoms with Crippen LogP contribution < -0.4 is 5.32 Å². The Balaban J connectivity index is 2.10. The Morgan fingerprint density at radius 1 is 1.48 bits per heavy atom. The molecule has 1 fully saturated rings. The highest BCUT2D eigenvalue weighted by Gasteiger charge is 2.36. The van der Waals surface area contributed by atoms with Gasteiger partial charge in [0.05, 0.1) is 18.7 Å². The van der Waals surface area contributed by atoms with E-state index in [1.54, 1.807) is 0 Å². The van der Waals surface area contributed by atoms with Crippen molar-refractivity contribution >= 4 is 11.9 Å². The molecule has 0 aliphatic carbocycles. The van der Waals surface area contributed by atoms with E-state index in [4.69, 9.17) is 14.3 Å². The maximum Gasteiger partial charge on any atom is 0.310 e. The first-order valence-electron chi connectivity index (χ1n) is 8.92. The van der Waals surface area contributed by atoms with Crippen LogP contribution in [-0.4, -0.2) is 55.3 Å². The number of aryl methyl sites for hydroxylation is 2. The van der Waals surface area contributed by atoms with Gasteiger partial charge in [-0.1, -0.05) is 19.0 Å². The lowest BCUT2D eigenvalue weighted by molar-refractivity contribution is -0.145. The standard InChI is InChI=1S/C18H30N4O3/c1-7-19-18(22-9-12(3)15(10-22)17(23)24-6)20-8-11(2)16-13(4)21-25-14(16)5/h11-12,15H,7-10H2,1-6H3,(H,19,20). The van der Waals surface area contributed by atoms with Crippen LogP contribution in [0.3, 0.4) is 0 Å². The van der Waals surface area contributed by atoms with Gasteiger partial charge in [-0.05, 0) is 26.7 Å². The highest BCUT2D eigenvalue weighted by atomic mass is 16.5. The molecule has 7 heteroatoms. The highest BCUT2D eigenvalue weighted by Crippen LogP contribution is 2.25. The maximum atomic E-state index is 11.9. The first kappa shape index (κ1) is 19.3. The summed E-state index contributed by atoms with van der Waals surface area (Å²) in [5.41, 5.74) is 2.05. The van der Waals surface area contributed by atoms with Gasteiger partial charge >= 0.3 is 5.97 Å². The number of guanidine groups is 1. The molecule has 1 aliphatic rings. The first-order valence-corrected chi connectivity index (χ1v) is 8.92. The SMILES string of the molecule is CCNC(=NCC(C)c1c(C)noc1C)N1CC(C)C(C(=O)OC)C1. The van der Waals surface area contributed by atoms with Crippen LogP contribution in [-0.2, 0) is 9.53 Å². The van der Waals surface area contributed by atoms with Crippen molar-refractivity contribution in [3.05, 3.63) is 17.0 Å². The van der Waals surface area contributed by atoms with E-state index in [0.717, 1.165) is 36.1 Å². The van der Waals surface area contributed by atoms with Gasteiger partial charge in [0, 0.05) is 37.7 Å². The molecule has 7 nitrogen and oxygen atoms in total. The molecular formula is C18H30N4O3. The number of aromatic nitrogens is 1. The number of nitrogens with one attached hydrogen (secondary N) is 1. The summed E-state index contributed by atoms with van der Waals surface area (Å²) in [7, 11) is 1.45. The Bertz CT molecular complexity index is 606. The second-order valence-electron chi connectivity index (χ2n) is 6.85. The van der Waals surface area contributed by atoms with Gasteiger partial charge in [-0.3, -0.25) is 9.79 Å². The van der Waals surface area contributed by atoms with Crippen molar-refractivity contribution in [2.24, 2.45) is 16.8 Å². The van der Waals surface area contributed by atoms with Crippen molar-refractivity contribution in [2.75, 3.05) is 33.3 Å². The summed E-state index contributed by atoms with van der Waals surface area (Å²) in [6.07, 6.45) is 0. The van der Waals surface area contributed by atoms with Gasteiger partial charge in [-0.15, -0.1) is 0 Å². The minimum atomic E-state index is -0.144. The van der Waals surface area contributed by atoms with Crippen LogP contribution in [0.15, 0.2) is 9.52 Å². The third kappa shape index (κ3) is 4.32. The van der Waals surface area contributed by atoms with Crippen LogP contribution in [0.25, 0.3) is 0 Å². The maximum absolute atomic E-state index is 11.9. The number of ether oxygens (including phenoxy) is 1. The second kappa shape index (κ2) is 8.36. The molecule has 2 heterocycles. The van der Waals surface area contributed by atoms with E-state index in [0.29, 0.717) is 13.1 Å². The predicted molar refractivity (Wildman–Crippen MR) is 96.6 cm³/mol. The summed E-state index contributed by atoms with van der Waals surface area (Å²) in [6, 6.07) is 0. The lowest BCUT2D eigenvalue weighted by Crippen LogP contribution is -2.41. The molecule has 3 atom stereocenters. The van der Waals surface area contributed by atoms with Crippen molar-refractivity contribution in [1.82, 2.24) is 15.4 Å². The van der Waals surface area contributed by atoms with Crippen molar-refractivity contribution in [3.63, 3.8) is 0 Å².